The van der Waals surface area contributed by atoms with Gasteiger partial charge in [-0.3, -0.25) is 15.1 Å². The average molecular weight is 350 g/mol. The van der Waals surface area contributed by atoms with Crippen LogP contribution in [-0.2, 0) is 11.9 Å². The second-order valence-corrected chi connectivity index (χ2v) is 5.10. The zero-order valence-electron chi connectivity index (χ0n) is 11.7. The van der Waals surface area contributed by atoms with Crippen molar-refractivity contribution >= 4 is 27.3 Å². The Balaban J connectivity index is 2.31. The summed E-state index contributed by atoms with van der Waals surface area (Å²) in [4.78, 5) is 17.0. The Morgan fingerprint density at radius 1 is 1.33 bits per heavy atom. The van der Waals surface area contributed by atoms with Gasteiger partial charge in [0.2, 0.25) is 0 Å². The van der Waals surface area contributed by atoms with Gasteiger partial charge in [0, 0.05) is 35.9 Å². The highest BCUT2D eigenvalue weighted by Gasteiger charge is 2.14. The van der Waals surface area contributed by atoms with Crippen LogP contribution in [0.4, 0.5) is 11.4 Å². The molecule has 5 nitrogen and oxygen atoms in total. The van der Waals surface area contributed by atoms with E-state index in [4.69, 9.17) is 0 Å². The monoisotopic (exact) mass is 349 g/mol. The van der Waals surface area contributed by atoms with Gasteiger partial charge in [-0.05, 0) is 30.7 Å². The van der Waals surface area contributed by atoms with Gasteiger partial charge in [0.15, 0.2) is 0 Å². The van der Waals surface area contributed by atoms with Crippen LogP contribution in [0.3, 0.4) is 0 Å². The predicted molar refractivity (Wildman–Crippen MR) is 86.7 cm³/mol. The predicted octanol–water partition coefficient (Wildman–Crippen LogP) is 3.91. The summed E-state index contributed by atoms with van der Waals surface area (Å²) in [6.45, 7) is 3.53. The number of nitro benzene ring substituents is 1. The van der Waals surface area contributed by atoms with Crippen molar-refractivity contribution in [3.05, 3.63) is 64.0 Å². The molecule has 2 aromatic rings. The lowest BCUT2D eigenvalue weighted by Crippen LogP contribution is -2.23. The van der Waals surface area contributed by atoms with E-state index < -0.39 is 0 Å². The molecule has 0 fully saturated rings. The van der Waals surface area contributed by atoms with Crippen LogP contribution >= 0.6 is 15.9 Å². The van der Waals surface area contributed by atoms with Crippen LogP contribution in [-0.4, -0.2) is 16.5 Å². The fourth-order valence-corrected chi connectivity index (χ4v) is 2.60. The third-order valence-corrected chi connectivity index (χ3v) is 3.82. The number of hydrogen-bond acceptors (Lipinski definition) is 4. The number of nitrogens with zero attached hydrogens (tertiary/aromatic N) is 3. The number of benzene rings is 1. The molecule has 0 atom stereocenters. The summed E-state index contributed by atoms with van der Waals surface area (Å²) in [5, 5.41) is 11.4. The molecule has 6 heteroatoms. The molecule has 0 aliphatic rings. The largest absolute Gasteiger partial charge is 0.366 e. The Morgan fingerprint density at radius 2 is 2.14 bits per heavy atom. The highest BCUT2D eigenvalue weighted by molar-refractivity contribution is 9.08. The van der Waals surface area contributed by atoms with E-state index in [1.165, 1.54) is 0 Å². The molecule has 0 saturated heterocycles. The first-order valence-corrected chi connectivity index (χ1v) is 7.76. The maximum absolute atomic E-state index is 10.9. The van der Waals surface area contributed by atoms with Gasteiger partial charge in [0.1, 0.15) is 0 Å². The number of alkyl halides is 1. The van der Waals surface area contributed by atoms with Gasteiger partial charge in [-0.25, -0.2) is 0 Å². The minimum absolute atomic E-state index is 0.113. The van der Waals surface area contributed by atoms with Crippen molar-refractivity contribution in [3.8, 4) is 0 Å². The van der Waals surface area contributed by atoms with Crippen molar-refractivity contribution < 1.29 is 4.92 Å². The van der Waals surface area contributed by atoms with Gasteiger partial charge in [0.05, 0.1) is 17.2 Å². The number of hydrogen-bond donors (Lipinski definition) is 0. The highest BCUT2D eigenvalue weighted by atomic mass is 79.9. The maximum atomic E-state index is 10.9. The molecule has 0 unspecified atom stereocenters. The van der Waals surface area contributed by atoms with Crippen LogP contribution in [0.5, 0.6) is 0 Å². The summed E-state index contributed by atoms with van der Waals surface area (Å²) in [6.07, 6.45) is 1.77. The second kappa shape index (κ2) is 7.17. The van der Waals surface area contributed by atoms with Crippen molar-refractivity contribution in [2.75, 3.05) is 11.4 Å². The van der Waals surface area contributed by atoms with Crippen molar-refractivity contribution in [2.24, 2.45) is 0 Å². The Bertz CT molecular complexity index is 620. The first-order chi connectivity index (χ1) is 10.2. The lowest BCUT2D eigenvalue weighted by molar-refractivity contribution is -0.384. The van der Waals surface area contributed by atoms with Crippen molar-refractivity contribution in [1.82, 2.24) is 4.98 Å². The van der Waals surface area contributed by atoms with Gasteiger partial charge in [-0.1, -0.05) is 22.0 Å². The first kappa shape index (κ1) is 15.4. The molecule has 0 aliphatic carbocycles. The van der Waals surface area contributed by atoms with E-state index in [-0.39, 0.29) is 10.6 Å². The van der Waals surface area contributed by atoms with Gasteiger partial charge in [-0.2, -0.15) is 0 Å². The molecule has 110 valence electrons. The Kier molecular flexibility index (Phi) is 5.27. The third-order valence-electron chi connectivity index (χ3n) is 3.22. The number of non-ortho nitro benzene ring substituents is 1. The summed E-state index contributed by atoms with van der Waals surface area (Å²) >= 11 is 3.41. The number of nitro groups is 1. The third kappa shape index (κ3) is 3.78. The molecule has 1 heterocycles. The molecule has 1 aromatic heterocycles. The first-order valence-electron chi connectivity index (χ1n) is 6.63. The molecule has 0 amide bonds. The second-order valence-electron chi connectivity index (χ2n) is 4.54. The van der Waals surface area contributed by atoms with Crippen LogP contribution < -0.4 is 4.90 Å². The standard InChI is InChI=1S/C15H16BrN3O2/c1-2-18(11-13-5-3-4-8-17-13)15-7-6-14(19(20)21)9-12(15)10-16/h3-9H,2,10-11H2,1H3. The zero-order valence-corrected chi connectivity index (χ0v) is 13.3. The molecule has 0 bridgehead atoms. The smallest absolute Gasteiger partial charge is 0.269 e. The van der Waals surface area contributed by atoms with E-state index in [1.54, 1.807) is 24.4 Å². The minimum atomic E-state index is -0.370. The maximum Gasteiger partial charge on any atom is 0.269 e. The number of aromatic nitrogens is 1. The van der Waals surface area contributed by atoms with Crippen LogP contribution in [0.2, 0.25) is 0 Å². The van der Waals surface area contributed by atoms with E-state index in [1.807, 2.05) is 18.2 Å². The van der Waals surface area contributed by atoms with Crippen molar-refractivity contribution in [3.63, 3.8) is 0 Å². The molecule has 1 aromatic carbocycles. The minimum Gasteiger partial charge on any atom is -0.366 e. The molecular formula is C15H16BrN3O2. The van der Waals surface area contributed by atoms with Crippen LogP contribution in [0, 0.1) is 10.1 Å². The van der Waals surface area contributed by atoms with Crippen LogP contribution in [0.25, 0.3) is 0 Å². The van der Waals surface area contributed by atoms with E-state index in [9.17, 15) is 10.1 Å². The topological polar surface area (TPSA) is 59.3 Å². The molecule has 0 N–H and O–H groups in total. The lowest BCUT2D eigenvalue weighted by Gasteiger charge is -2.25. The quantitative estimate of drug-likeness (QED) is 0.450. The van der Waals surface area contributed by atoms with Gasteiger partial charge in [0.25, 0.3) is 5.69 Å². The molecular weight excluding hydrogens is 334 g/mol. The Labute approximate surface area is 131 Å². The van der Waals surface area contributed by atoms with Gasteiger partial charge >= 0.3 is 0 Å². The molecule has 21 heavy (non-hydrogen) atoms. The zero-order chi connectivity index (χ0) is 15.2. The lowest BCUT2D eigenvalue weighted by atomic mass is 10.1. The van der Waals surface area contributed by atoms with Crippen LogP contribution in [0.1, 0.15) is 18.2 Å². The Hall–Kier alpha value is -1.95. The molecule has 0 spiro atoms. The molecule has 0 aliphatic heterocycles. The summed E-state index contributed by atoms with van der Waals surface area (Å²) in [5.41, 5.74) is 2.98. The summed E-state index contributed by atoms with van der Waals surface area (Å²) in [6, 6.07) is 10.8. The van der Waals surface area contributed by atoms with Crippen molar-refractivity contribution in [2.45, 2.75) is 18.8 Å². The Morgan fingerprint density at radius 3 is 2.71 bits per heavy atom. The fraction of sp³-hybridized carbons (Fsp3) is 0.267. The van der Waals surface area contributed by atoms with Gasteiger partial charge in [-0.15, -0.1) is 0 Å². The number of anilines is 1. The number of pyridine rings is 1. The molecule has 0 radical (unpaired) electrons. The number of rotatable bonds is 6. The molecule has 0 saturated carbocycles. The average Bonchev–Trinajstić information content (AvgIpc) is 2.53. The summed E-state index contributed by atoms with van der Waals surface area (Å²) < 4.78 is 0. The van der Waals surface area contributed by atoms with E-state index in [0.29, 0.717) is 11.9 Å². The molecule has 2 rings (SSSR count). The SMILES string of the molecule is CCN(Cc1ccccn1)c1ccc([N+](=O)[O-])cc1CBr. The summed E-state index contributed by atoms with van der Waals surface area (Å²) in [7, 11) is 0. The van der Waals surface area contributed by atoms with E-state index in [0.717, 1.165) is 23.5 Å². The number of halogens is 1. The summed E-state index contributed by atoms with van der Waals surface area (Å²) in [5.74, 6) is 0. The fourth-order valence-electron chi connectivity index (χ4n) is 2.16. The van der Waals surface area contributed by atoms with E-state index in [2.05, 4.69) is 32.7 Å². The van der Waals surface area contributed by atoms with Gasteiger partial charge < -0.3 is 4.90 Å². The van der Waals surface area contributed by atoms with Crippen molar-refractivity contribution in [1.29, 1.82) is 0 Å². The van der Waals surface area contributed by atoms with E-state index >= 15 is 0 Å². The highest BCUT2D eigenvalue weighted by Crippen LogP contribution is 2.28. The van der Waals surface area contributed by atoms with Crippen LogP contribution in [0.15, 0.2) is 42.6 Å². The normalized spacial score (nSPS) is 10.4.